The third kappa shape index (κ3) is 1.54. The Balaban J connectivity index is 1.83. The molecule has 1 amide bonds. The van der Waals surface area contributed by atoms with Gasteiger partial charge in [-0.05, 0) is 56.6 Å². The Hall–Kier alpha value is -1.68. The first-order chi connectivity index (χ1) is 10.0. The van der Waals surface area contributed by atoms with Gasteiger partial charge in [0.05, 0.1) is 11.7 Å². The number of thiocarbonyl (C=S) groups is 1. The standard InChI is InChI=1S/C17H18N2OS/c1-11-4-3-5-14(10-11)18-15(20)17(2)12-6-8-13(9-7-12)19(17)16(18)21/h3-6,8,10,12-13H,7,9H2,1-2H3/t12?,13?,17-/m1/s1. The van der Waals surface area contributed by atoms with Crippen molar-refractivity contribution >= 4 is 28.9 Å². The Bertz CT molecular complexity index is 683. The molecule has 1 aromatic rings. The van der Waals surface area contributed by atoms with Gasteiger partial charge in [0, 0.05) is 5.92 Å². The molecule has 2 saturated heterocycles. The van der Waals surface area contributed by atoms with Crippen molar-refractivity contribution in [3.05, 3.63) is 42.0 Å². The zero-order valence-electron chi connectivity index (χ0n) is 12.2. The predicted molar refractivity (Wildman–Crippen MR) is 87.2 cm³/mol. The summed E-state index contributed by atoms with van der Waals surface area (Å²) in [6.07, 6.45) is 6.59. The van der Waals surface area contributed by atoms with Crippen LogP contribution in [0.1, 0.15) is 25.3 Å². The molecule has 0 N–H and O–H groups in total. The molecule has 1 aliphatic carbocycles. The van der Waals surface area contributed by atoms with Gasteiger partial charge in [-0.2, -0.15) is 0 Å². The lowest BCUT2D eigenvalue weighted by Gasteiger charge is -2.50. The predicted octanol–water partition coefficient (Wildman–Crippen LogP) is 3.04. The van der Waals surface area contributed by atoms with Gasteiger partial charge in [-0.25, -0.2) is 0 Å². The van der Waals surface area contributed by atoms with Crippen molar-refractivity contribution in [1.29, 1.82) is 0 Å². The minimum Gasteiger partial charge on any atom is -0.327 e. The SMILES string of the molecule is Cc1cccc(N2C(=O)[C@@]3(C)C4C=CC(CC4)N3C2=S)c1. The highest BCUT2D eigenvalue weighted by molar-refractivity contribution is 7.80. The Morgan fingerprint density at radius 1 is 1.29 bits per heavy atom. The number of benzene rings is 1. The Morgan fingerprint density at radius 3 is 2.71 bits per heavy atom. The van der Waals surface area contributed by atoms with E-state index in [-0.39, 0.29) is 17.9 Å². The molecular weight excluding hydrogens is 280 g/mol. The number of nitrogens with zero attached hydrogens (tertiary/aromatic N) is 2. The van der Waals surface area contributed by atoms with E-state index in [9.17, 15) is 4.79 Å². The van der Waals surface area contributed by atoms with E-state index in [2.05, 4.69) is 24.0 Å². The summed E-state index contributed by atoms with van der Waals surface area (Å²) in [5, 5.41) is 0.659. The number of hydrogen-bond acceptors (Lipinski definition) is 2. The van der Waals surface area contributed by atoms with E-state index in [1.54, 1.807) is 4.90 Å². The Labute approximate surface area is 130 Å². The van der Waals surface area contributed by atoms with E-state index >= 15 is 0 Å². The molecule has 2 fully saturated rings. The van der Waals surface area contributed by atoms with E-state index in [1.165, 1.54) is 0 Å². The van der Waals surface area contributed by atoms with Gasteiger partial charge in [0.15, 0.2) is 5.11 Å². The van der Waals surface area contributed by atoms with Crippen molar-refractivity contribution in [3.63, 3.8) is 0 Å². The lowest BCUT2D eigenvalue weighted by Crippen LogP contribution is -2.61. The highest BCUT2D eigenvalue weighted by Gasteiger charge is 2.61. The molecule has 0 spiro atoms. The van der Waals surface area contributed by atoms with Gasteiger partial charge < -0.3 is 4.90 Å². The van der Waals surface area contributed by atoms with Crippen LogP contribution in [-0.4, -0.2) is 27.5 Å². The molecule has 1 aromatic carbocycles. The Kier molecular flexibility index (Phi) is 2.58. The van der Waals surface area contributed by atoms with E-state index in [0.29, 0.717) is 5.11 Å². The molecule has 0 aromatic heterocycles. The second-order valence-electron chi connectivity index (χ2n) is 6.42. The molecule has 4 aliphatic rings. The zero-order chi connectivity index (χ0) is 14.8. The summed E-state index contributed by atoms with van der Waals surface area (Å²) in [7, 11) is 0. The van der Waals surface area contributed by atoms with Crippen molar-refractivity contribution in [2.24, 2.45) is 5.92 Å². The van der Waals surface area contributed by atoms with Crippen LogP contribution in [0.2, 0.25) is 0 Å². The van der Waals surface area contributed by atoms with Crippen LogP contribution in [0.3, 0.4) is 0 Å². The number of rotatable bonds is 1. The minimum atomic E-state index is -0.501. The van der Waals surface area contributed by atoms with Gasteiger partial charge in [0.2, 0.25) is 0 Å². The number of fused-ring (bicyclic) bond motifs is 1. The van der Waals surface area contributed by atoms with Crippen LogP contribution in [0.15, 0.2) is 36.4 Å². The summed E-state index contributed by atoms with van der Waals surface area (Å²) < 4.78 is 0. The summed E-state index contributed by atoms with van der Waals surface area (Å²) >= 11 is 5.67. The number of aryl methyl sites for hydroxylation is 1. The van der Waals surface area contributed by atoms with Gasteiger partial charge in [-0.3, -0.25) is 9.69 Å². The summed E-state index contributed by atoms with van der Waals surface area (Å²) in [6, 6.07) is 8.28. The van der Waals surface area contributed by atoms with E-state index < -0.39 is 5.54 Å². The van der Waals surface area contributed by atoms with Crippen molar-refractivity contribution in [2.75, 3.05) is 4.90 Å². The highest BCUT2D eigenvalue weighted by atomic mass is 32.1. The molecule has 3 atom stereocenters. The van der Waals surface area contributed by atoms with Crippen LogP contribution < -0.4 is 4.90 Å². The van der Waals surface area contributed by atoms with Gasteiger partial charge in [0.1, 0.15) is 5.54 Å². The summed E-state index contributed by atoms with van der Waals surface area (Å²) in [4.78, 5) is 17.0. The van der Waals surface area contributed by atoms with E-state index in [0.717, 1.165) is 24.1 Å². The maximum Gasteiger partial charge on any atom is 0.259 e. The van der Waals surface area contributed by atoms with Crippen LogP contribution in [0.25, 0.3) is 0 Å². The maximum absolute atomic E-state index is 13.1. The number of carbonyl (C=O) groups is 1. The van der Waals surface area contributed by atoms with E-state index in [4.69, 9.17) is 12.2 Å². The third-order valence-electron chi connectivity index (χ3n) is 5.19. The zero-order valence-corrected chi connectivity index (χ0v) is 13.1. The number of carbonyl (C=O) groups excluding carboxylic acids is 1. The molecule has 5 rings (SSSR count). The molecule has 21 heavy (non-hydrogen) atoms. The van der Waals surface area contributed by atoms with Crippen molar-refractivity contribution in [1.82, 2.24) is 4.90 Å². The van der Waals surface area contributed by atoms with Crippen molar-refractivity contribution in [2.45, 2.75) is 38.3 Å². The molecule has 4 heteroatoms. The van der Waals surface area contributed by atoms with Gasteiger partial charge in [0.25, 0.3) is 5.91 Å². The average Bonchev–Trinajstić information content (AvgIpc) is 2.69. The molecule has 0 saturated carbocycles. The molecule has 108 valence electrons. The summed E-state index contributed by atoms with van der Waals surface area (Å²) in [5.74, 6) is 0.389. The van der Waals surface area contributed by atoms with Crippen LogP contribution in [0.4, 0.5) is 5.69 Å². The molecule has 2 bridgehead atoms. The van der Waals surface area contributed by atoms with Gasteiger partial charge in [-0.1, -0.05) is 24.3 Å². The first-order valence-corrected chi connectivity index (χ1v) is 7.87. The van der Waals surface area contributed by atoms with Crippen molar-refractivity contribution in [3.8, 4) is 0 Å². The summed E-state index contributed by atoms with van der Waals surface area (Å²) in [5.41, 5.74) is 1.53. The van der Waals surface area contributed by atoms with Gasteiger partial charge in [-0.15, -0.1) is 0 Å². The second-order valence-corrected chi connectivity index (χ2v) is 6.78. The largest absolute Gasteiger partial charge is 0.327 e. The van der Waals surface area contributed by atoms with E-state index in [1.807, 2.05) is 31.2 Å². The number of hydrogen-bond donors (Lipinski definition) is 0. The van der Waals surface area contributed by atoms with Crippen LogP contribution >= 0.6 is 12.2 Å². The number of piperidine rings is 1. The first-order valence-electron chi connectivity index (χ1n) is 7.46. The molecule has 3 aliphatic heterocycles. The highest BCUT2D eigenvalue weighted by Crippen LogP contribution is 2.48. The quantitative estimate of drug-likeness (QED) is 0.588. The van der Waals surface area contributed by atoms with Crippen LogP contribution in [-0.2, 0) is 4.79 Å². The second kappa shape index (κ2) is 4.17. The lowest BCUT2D eigenvalue weighted by molar-refractivity contribution is -0.128. The fraction of sp³-hybridized carbons (Fsp3) is 0.412. The van der Waals surface area contributed by atoms with Gasteiger partial charge >= 0.3 is 0 Å². The minimum absolute atomic E-state index is 0.122. The van der Waals surface area contributed by atoms with Crippen LogP contribution in [0.5, 0.6) is 0 Å². The topological polar surface area (TPSA) is 23.6 Å². The lowest BCUT2D eigenvalue weighted by atomic mass is 9.72. The fourth-order valence-electron chi connectivity index (χ4n) is 4.03. The molecule has 2 unspecified atom stereocenters. The maximum atomic E-state index is 13.1. The fourth-order valence-corrected chi connectivity index (χ4v) is 4.54. The first kappa shape index (κ1) is 13.0. The molecule has 3 heterocycles. The molecular formula is C17H18N2OS. The molecule has 0 radical (unpaired) electrons. The molecule has 3 nitrogen and oxygen atoms in total. The summed E-state index contributed by atoms with van der Waals surface area (Å²) in [6.45, 7) is 4.09. The average molecular weight is 298 g/mol. The third-order valence-corrected chi connectivity index (χ3v) is 5.57. The normalized spacial score (nSPS) is 33.8. The number of anilines is 1. The van der Waals surface area contributed by atoms with Crippen molar-refractivity contribution < 1.29 is 4.79 Å². The van der Waals surface area contributed by atoms with Crippen LogP contribution in [0, 0.1) is 12.8 Å². The number of amides is 1. The Morgan fingerprint density at radius 2 is 2.10 bits per heavy atom. The monoisotopic (exact) mass is 298 g/mol. The smallest absolute Gasteiger partial charge is 0.259 e.